The Morgan fingerprint density at radius 2 is 1.92 bits per heavy atom. The lowest BCUT2D eigenvalue weighted by Gasteiger charge is -2.13. The Hall–Kier alpha value is -2.02. The van der Waals surface area contributed by atoms with Crippen LogP contribution in [0.1, 0.15) is 11.1 Å². The fourth-order valence-corrected chi connectivity index (χ4v) is 3.71. The average molecular weight is 412 g/mol. The van der Waals surface area contributed by atoms with Crippen molar-refractivity contribution < 1.29 is 18.7 Å². The van der Waals surface area contributed by atoms with E-state index in [-0.39, 0.29) is 16.5 Å². The highest BCUT2D eigenvalue weighted by Gasteiger charge is 2.35. The Balaban J connectivity index is 1.83. The van der Waals surface area contributed by atoms with Crippen LogP contribution in [0.15, 0.2) is 41.3 Å². The molecular formula is C18H12Cl2FNO3S. The summed E-state index contributed by atoms with van der Waals surface area (Å²) in [5, 5.41) is 0.148. The van der Waals surface area contributed by atoms with Crippen molar-refractivity contribution in [1.29, 1.82) is 0 Å². The molecule has 1 fully saturated rings. The highest BCUT2D eigenvalue weighted by atomic mass is 35.5. The predicted molar refractivity (Wildman–Crippen MR) is 101 cm³/mol. The Bertz CT molecular complexity index is 933. The molecular weight excluding hydrogens is 400 g/mol. The van der Waals surface area contributed by atoms with Crippen molar-refractivity contribution in [3.63, 3.8) is 0 Å². The first-order valence-electron chi connectivity index (χ1n) is 7.42. The second kappa shape index (κ2) is 7.70. The van der Waals surface area contributed by atoms with Crippen LogP contribution in [-0.2, 0) is 11.3 Å². The molecule has 0 aliphatic carbocycles. The van der Waals surface area contributed by atoms with Gasteiger partial charge in [0.1, 0.15) is 11.6 Å². The minimum atomic E-state index is -0.482. The van der Waals surface area contributed by atoms with Crippen LogP contribution in [-0.4, -0.2) is 23.2 Å². The van der Waals surface area contributed by atoms with E-state index in [1.807, 2.05) is 0 Å². The van der Waals surface area contributed by atoms with E-state index in [1.165, 1.54) is 19.2 Å². The number of hydrogen-bond donors (Lipinski definition) is 0. The SMILES string of the molecule is COc1ccc(/C=C2\SC(=O)N(Cc3ccc(F)cc3Cl)C2=O)cc1Cl. The van der Waals surface area contributed by atoms with Gasteiger partial charge in [-0.2, -0.15) is 0 Å². The fraction of sp³-hybridized carbons (Fsp3) is 0.111. The van der Waals surface area contributed by atoms with E-state index in [0.29, 0.717) is 21.9 Å². The Morgan fingerprint density at radius 1 is 1.15 bits per heavy atom. The molecule has 1 aliphatic heterocycles. The molecule has 0 bridgehead atoms. The molecule has 0 radical (unpaired) electrons. The Morgan fingerprint density at radius 3 is 2.58 bits per heavy atom. The van der Waals surface area contributed by atoms with Crippen LogP contribution in [0, 0.1) is 5.82 Å². The molecule has 0 atom stereocenters. The number of rotatable bonds is 4. The first kappa shape index (κ1) is 18.8. The predicted octanol–water partition coefficient (Wildman–Crippen LogP) is 5.38. The molecule has 0 N–H and O–H groups in total. The van der Waals surface area contributed by atoms with Crippen LogP contribution in [0.4, 0.5) is 9.18 Å². The summed E-state index contributed by atoms with van der Waals surface area (Å²) >= 11 is 12.9. The number of imide groups is 1. The number of methoxy groups -OCH3 is 1. The molecule has 0 spiro atoms. The standard InChI is InChI=1S/C18H12Cl2FNO3S/c1-25-15-5-2-10(6-14(15)20)7-16-17(23)22(18(24)26-16)9-11-3-4-12(21)8-13(11)19/h2-8H,9H2,1H3/b16-7-. The van der Waals surface area contributed by atoms with Gasteiger partial charge >= 0.3 is 0 Å². The van der Waals surface area contributed by atoms with Gasteiger partial charge in [-0.25, -0.2) is 4.39 Å². The lowest BCUT2D eigenvalue weighted by Crippen LogP contribution is -2.27. The minimum absolute atomic E-state index is 0.0233. The molecule has 1 aliphatic rings. The van der Waals surface area contributed by atoms with Crippen molar-refractivity contribution in [3.05, 3.63) is 68.3 Å². The van der Waals surface area contributed by atoms with Gasteiger partial charge in [0.25, 0.3) is 11.1 Å². The number of nitrogens with zero attached hydrogens (tertiary/aromatic N) is 1. The maximum atomic E-state index is 13.1. The smallest absolute Gasteiger partial charge is 0.293 e. The molecule has 0 saturated carbocycles. The Labute approximate surface area is 163 Å². The van der Waals surface area contributed by atoms with Gasteiger partial charge < -0.3 is 4.74 Å². The second-order valence-corrected chi connectivity index (χ2v) is 7.21. The monoisotopic (exact) mass is 411 g/mol. The number of thioether (sulfide) groups is 1. The van der Waals surface area contributed by atoms with Crippen molar-refractivity contribution >= 4 is 52.2 Å². The van der Waals surface area contributed by atoms with Gasteiger partial charge in [-0.3, -0.25) is 14.5 Å². The molecule has 0 unspecified atom stereocenters. The van der Waals surface area contributed by atoms with Gasteiger partial charge in [0, 0.05) is 5.02 Å². The van der Waals surface area contributed by atoms with Gasteiger partial charge in [0.15, 0.2) is 0 Å². The van der Waals surface area contributed by atoms with Gasteiger partial charge in [0.2, 0.25) is 0 Å². The zero-order chi connectivity index (χ0) is 18.8. The van der Waals surface area contributed by atoms with Crippen molar-refractivity contribution in [2.45, 2.75) is 6.54 Å². The van der Waals surface area contributed by atoms with E-state index in [2.05, 4.69) is 0 Å². The summed E-state index contributed by atoms with van der Waals surface area (Å²) in [4.78, 5) is 26.1. The molecule has 3 rings (SSSR count). The highest BCUT2D eigenvalue weighted by molar-refractivity contribution is 8.18. The number of amides is 2. The summed E-state index contributed by atoms with van der Waals surface area (Å²) in [6.07, 6.45) is 1.59. The molecule has 2 aromatic carbocycles. The lowest BCUT2D eigenvalue weighted by atomic mass is 10.2. The normalized spacial score (nSPS) is 15.8. The van der Waals surface area contributed by atoms with Crippen LogP contribution >= 0.6 is 35.0 Å². The first-order valence-corrected chi connectivity index (χ1v) is 8.99. The molecule has 26 heavy (non-hydrogen) atoms. The third kappa shape index (κ3) is 3.87. The summed E-state index contributed by atoms with van der Waals surface area (Å²) in [5.41, 5.74) is 1.16. The van der Waals surface area contributed by atoms with Crippen molar-refractivity contribution in [1.82, 2.24) is 4.90 Å². The van der Waals surface area contributed by atoms with Crippen molar-refractivity contribution in [3.8, 4) is 5.75 Å². The molecule has 1 heterocycles. The molecule has 8 heteroatoms. The zero-order valence-corrected chi connectivity index (χ0v) is 15.8. The number of halogens is 3. The molecule has 1 saturated heterocycles. The topological polar surface area (TPSA) is 46.6 Å². The number of carbonyl (C=O) groups is 2. The van der Waals surface area contributed by atoms with Crippen LogP contribution in [0.2, 0.25) is 10.0 Å². The minimum Gasteiger partial charge on any atom is -0.495 e. The summed E-state index contributed by atoms with van der Waals surface area (Å²) in [7, 11) is 1.51. The number of ether oxygens (including phenoxy) is 1. The van der Waals surface area contributed by atoms with Gasteiger partial charge in [-0.15, -0.1) is 0 Å². The summed E-state index contributed by atoms with van der Waals surface area (Å²) in [5.74, 6) is -0.403. The van der Waals surface area contributed by atoms with Gasteiger partial charge in [0.05, 0.1) is 23.6 Å². The fourth-order valence-electron chi connectivity index (χ4n) is 2.38. The third-order valence-corrected chi connectivity index (χ3v) is 5.25. The van der Waals surface area contributed by atoms with E-state index in [9.17, 15) is 14.0 Å². The van der Waals surface area contributed by atoms with Crippen LogP contribution in [0.5, 0.6) is 5.75 Å². The second-order valence-electron chi connectivity index (χ2n) is 5.40. The van der Waals surface area contributed by atoms with Crippen molar-refractivity contribution in [2.24, 2.45) is 0 Å². The maximum absolute atomic E-state index is 13.1. The number of benzene rings is 2. The molecule has 4 nitrogen and oxygen atoms in total. The summed E-state index contributed by atoms with van der Waals surface area (Å²) in [6, 6.07) is 8.88. The molecule has 134 valence electrons. The van der Waals surface area contributed by atoms with Crippen LogP contribution < -0.4 is 4.74 Å². The average Bonchev–Trinajstić information content (AvgIpc) is 2.84. The third-order valence-electron chi connectivity index (χ3n) is 3.69. The highest BCUT2D eigenvalue weighted by Crippen LogP contribution is 2.35. The first-order chi connectivity index (χ1) is 12.4. The Kier molecular flexibility index (Phi) is 5.55. The zero-order valence-electron chi connectivity index (χ0n) is 13.5. The quantitative estimate of drug-likeness (QED) is 0.633. The number of hydrogen-bond acceptors (Lipinski definition) is 4. The van der Waals surface area contributed by atoms with Crippen LogP contribution in [0.3, 0.4) is 0 Å². The lowest BCUT2D eigenvalue weighted by molar-refractivity contribution is -0.123. The maximum Gasteiger partial charge on any atom is 0.293 e. The van der Waals surface area contributed by atoms with E-state index in [4.69, 9.17) is 27.9 Å². The summed E-state index contributed by atoms with van der Waals surface area (Å²) < 4.78 is 18.2. The molecule has 0 aromatic heterocycles. The van der Waals surface area contributed by atoms with E-state index >= 15 is 0 Å². The largest absolute Gasteiger partial charge is 0.495 e. The number of carbonyl (C=O) groups excluding carboxylic acids is 2. The van der Waals surface area contributed by atoms with Gasteiger partial charge in [-0.05, 0) is 53.2 Å². The summed E-state index contributed by atoms with van der Waals surface area (Å²) in [6.45, 7) is -0.0233. The molecule has 2 amide bonds. The van der Waals surface area contributed by atoms with E-state index < -0.39 is 17.0 Å². The molecule has 2 aromatic rings. The van der Waals surface area contributed by atoms with E-state index in [0.717, 1.165) is 22.7 Å². The van der Waals surface area contributed by atoms with Crippen LogP contribution in [0.25, 0.3) is 6.08 Å². The van der Waals surface area contributed by atoms with Gasteiger partial charge in [-0.1, -0.05) is 35.3 Å². The van der Waals surface area contributed by atoms with Crippen molar-refractivity contribution in [2.75, 3.05) is 7.11 Å². The van der Waals surface area contributed by atoms with E-state index in [1.54, 1.807) is 24.3 Å².